The van der Waals surface area contributed by atoms with Gasteiger partial charge in [-0.25, -0.2) is 0 Å². The number of ether oxygens (including phenoxy) is 1. The van der Waals surface area contributed by atoms with Crippen LogP contribution < -0.4 is 5.32 Å². The first kappa shape index (κ1) is 16.9. The maximum Gasteiger partial charge on any atom is 0.233 e. The first-order valence-corrected chi connectivity index (χ1v) is 8.94. The van der Waals surface area contributed by atoms with Gasteiger partial charge in [0.25, 0.3) is 0 Å². The predicted octanol–water partition coefficient (Wildman–Crippen LogP) is 1.75. The molecule has 1 amide bonds. The second-order valence-corrected chi connectivity index (χ2v) is 6.75. The topological polar surface area (TPSA) is 81.9 Å². The molecule has 1 fully saturated rings. The number of pyridine rings is 1. The molecule has 1 aliphatic rings. The lowest BCUT2D eigenvalue weighted by molar-refractivity contribution is -0.120. The molecule has 3 heterocycles. The second-order valence-electron chi connectivity index (χ2n) is 5.58. The van der Waals surface area contributed by atoms with Crippen LogP contribution in [0.25, 0.3) is 11.4 Å². The predicted molar refractivity (Wildman–Crippen MR) is 91.6 cm³/mol. The van der Waals surface area contributed by atoms with Gasteiger partial charge in [0.2, 0.25) is 5.91 Å². The van der Waals surface area contributed by atoms with E-state index in [1.165, 1.54) is 11.8 Å². The number of amides is 1. The fraction of sp³-hybridized carbons (Fsp3) is 0.500. The Balaban J connectivity index is 1.86. The minimum atomic E-state index is -0.122. The molecule has 8 heteroatoms. The van der Waals surface area contributed by atoms with Crippen LogP contribution in [0.3, 0.4) is 0 Å². The number of hydrogen-bond acceptors (Lipinski definition) is 6. The molecule has 1 N–H and O–H groups in total. The van der Waals surface area contributed by atoms with E-state index in [9.17, 15) is 4.79 Å². The fourth-order valence-corrected chi connectivity index (χ4v) is 3.75. The van der Waals surface area contributed by atoms with Gasteiger partial charge in [-0.3, -0.25) is 14.3 Å². The largest absolute Gasteiger partial charge is 0.383 e. The average Bonchev–Trinajstić information content (AvgIpc) is 2.90. The van der Waals surface area contributed by atoms with E-state index < -0.39 is 0 Å². The molecule has 0 bridgehead atoms. The highest BCUT2D eigenvalue weighted by molar-refractivity contribution is 8.00. The van der Waals surface area contributed by atoms with Crippen LogP contribution in [-0.2, 0) is 16.1 Å². The molecule has 1 aliphatic heterocycles. The fourth-order valence-electron chi connectivity index (χ4n) is 2.63. The van der Waals surface area contributed by atoms with Crippen molar-refractivity contribution in [1.82, 2.24) is 25.1 Å². The molecule has 1 saturated heterocycles. The van der Waals surface area contributed by atoms with E-state index in [0.29, 0.717) is 13.2 Å². The number of rotatable bonds is 6. The molecule has 24 heavy (non-hydrogen) atoms. The van der Waals surface area contributed by atoms with E-state index in [0.717, 1.165) is 42.4 Å². The number of methoxy groups -OCH3 is 1. The number of thioether (sulfide) groups is 1. The van der Waals surface area contributed by atoms with E-state index in [1.54, 1.807) is 19.5 Å². The van der Waals surface area contributed by atoms with Crippen molar-refractivity contribution in [3.63, 3.8) is 0 Å². The highest BCUT2D eigenvalue weighted by Crippen LogP contribution is 2.29. The summed E-state index contributed by atoms with van der Waals surface area (Å²) in [5, 5.41) is 12.2. The summed E-state index contributed by atoms with van der Waals surface area (Å²) in [7, 11) is 1.67. The zero-order valence-corrected chi connectivity index (χ0v) is 14.5. The van der Waals surface area contributed by atoms with Crippen molar-refractivity contribution in [3.8, 4) is 11.4 Å². The Hall–Kier alpha value is -1.93. The maximum absolute atomic E-state index is 12.2. The zero-order valence-electron chi connectivity index (χ0n) is 13.6. The third-order valence-corrected chi connectivity index (χ3v) is 5.15. The molecule has 7 nitrogen and oxygen atoms in total. The van der Waals surface area contributed by atoms with Gasteiger partial charge >= 0.3 is 0 Å². The van der Waals surface area contributed by atoms with Crippen molar-refractivity contribution in [2.45, 2.75) is 36.2 Å². The van der Waals surface area contributed by atoms with Crippen LogP contribution in [0.5, 0.6) is 0 Å². The number of carbonyl (C=O) groups is 1. The van der Waals surface area contributed by atoms with Gasteiger partial charge in [0.1, 0.15) is 0 Å². The summed E-state index contributed by atoms with van der Waals surface area (Å²) in [6.07, 6.45) is 6.39. The third-order valence-electron chi connectivity index (χ3n) is 3.91. The lowest BCUT2D eigenvalue weighted by atomic mass is 10.2. The molecule has 2 aromatic heterocycles. The number of nitrogens with one attached hydrogen (secondary N) is 1. The lowest BCUT2D eigenvalue weighted by Gasteiger charge is -2.14. The van der Waals surface area contributed by atoms with Crippen LogP contribution in [-0.4, -0.2) is 51.2 Å². The van der Waals surface area contributed by atoms with Gasteiger partial charge in [-0.1, -0.05) is 18.2 Å². The van der Waals surface area contributed by atoms with Gasteiger partial charge in [0, 0.05) is 31.6 Å². The standard InChI is InChI=1S/C16H21N5O2S/c1-23-11-10-21-14(12-5-8-17-9-6-12)19-20-16(21)24-13-4-2-3-7-18-15(13)22/h5-6,8-9,13H,2-4,7,10-11H2,1H3,(H,18,22). The lowest BCUT2D eigenvalue weighted by Crippen LogP contribution is -2.30. The molecule has 128 valence electrons. The van der Waals surface area contributed by atoms with Gasteiger partial charge in [-0.2, -0.15) is 0 Å². The summed E-state index contributed by atoms with van der Waals surface area (Å²) in [6, 6.07) is 3.81. The normalized spacial score (nSPS) is 18.2. The number of nitrogens with zero attached hydrogens (tertiary/aromatic N) is 4. The van der Waals surface area contributed by atoms with Crippen LogP contribution in [0.15, 0.2) is 29.7 Å². The molecule has 0 radical (unpaired) electrons. The van der Waals surface area contributed by atoms with Gasteiger partial charge in [0.15, 0.2) is 11.0 Å². The molecule has 2 aromatic rings. The van der Waals surface area contributed by atoms with Gasteiger partial charge in [-0.05, 0) is 25.0 Å². The van der Waals surface area contributed by atoms with E-state index in [-0.39, 0.29) is 11.2 Å². The van der Waals surface area contributed by atoms with Crippen molar-refractivity contribution >= 4 is 17.7 Å². The number of carbonyl (C=O) groups excluding carboxylic acids is 1. The summed E-state index contributed by atoms with van der Waals surface area (Å²) in [4.78, 5) is 16.2. The quantitative estimate of drug-likeness (QED) is 0.857. The molecule has 0 aliphatic carbocycles. The van der Waals surface area contributed by atoms with Gasteiger partial charge in [0.05, 0.1) is 18.4 Å². The molecule has 0 saturated carbocycles. The molecule has 1 atom stereocenters. The minimum Gasteiger partial charge on any atom is -0.383 e. The molecule has 0 aromatic carbocycles. The van der Waals surface area contributed by atoms with Crippen LogP contribution in [0, 0.1) is 0 Å². The summed E-state index contributed by atoms with van der Waals surface area (Å²) in [5.74, 6) is 0.857. The Bertz CT molecular complexity index is 676. The monoisotopic (exact) mass is 347 g/mol. The summed E-state index contributed by atoms with van der Waals surface area (Å²) in [5.41, 5.74) is 0.950. The Morgan fingerprint density at radius 3 is 2.96 bits per heavy atom. The average molecular weight is 347 g/mol. The molecule has 0 spiro atoms. The van der Waals surface area contributed by atoms with Crippen LogP contribution in [0.1, 0.15) is 19.3 Å². The Kier molecular flexibility index (Phi) is 5.81. The van der Waals surface area contributed by atoms with Crippen LogP contribution in [0.4, 0.5) is 0 Å². The van der Waals surface area contributed by atoms with E-state index in [2.05, 4.69) is 20.5 Å². The van der Waals surface area contributed by atoms with Crippen molar-refractivity contribution in [1.29, 1.82) is 0 Å². The number of aromatic nitrogens is 4. The van der Waals surface area contributed by atoms with E-state index in [1.807, 2.05) is 16.7 Å². The summed E-state index contributed by atoms with van der Waals surface area (Å²) in [6.45, 7) is 1.95. The maximum atomic E-state index is 12.2. The highest BCUT2D eigenvalue weighted by Gasteiger charge is 2.25. The van der Waals surface area contributed by atoms with Gasteiger partial charge in [-0.15, -0.1) is 10.2 Å². The summed E-state index contributed by atoms with van der Waals surface area (Å²) < 4.78 is 7.23. The van der Waals surface area contributed by atoms with Crippen molar-refractivity contribution in [3.05, 3.63) is 24.5 Å². The van der Waals surface area contributed by atoms with Crippen LogP contribution in [0.2, 0.25) is 0 Å². The first-order valence-electron chi connectivity index (χ1n) is 8.06. The molecular weight excluding hydrogens is 326 g/mol. The third kappa shape index (κ3) is 3.93. The second kappa shape index (κ2) is 8.25. The van der Waals surface area contributed by atoms with Crippen molar-refractivity contribution in [2.75, 3.05) is 20.3 Å². The Labute approximate surface area is 145 Å². The minimum absolute atomic E-state index is 0.0873. The van der Waals surface area contributed by atoms with Crippen molar-refractivity contribution in [2.24, 2.45) is 0 Å². The summed E-state index contributed by atoms with van der Waals surface area (Å²) >= 11 is 1.48. The molecule has 3 rings (SSSR count). The van der Waals surface area contributed by atoms with Gasteiger partial charge < -0.3 is 10.1 Å². The van der Waals surface area contributed by atoms with E-state index >= 15 is 0 Å². The molecule has 1 unspecified atom stereocenters. The highest BCUT2D eigenvalue weighted by atomic mass is 32.2. The SMILES string of the molecule is COCCn1c(SC2CCCCNC2=O)nnc1-c1ccncc1. The Morgan fingerprint density at radius 1 is 1.33 bits per heavy atom. The van der Waals surface area contributed by atoms with E-state index in [4.69, 9.17) is 4.74 Å². The zero-order chi connectivity index (χ0) is 16.8. The smallest absolute Gasteiger partial charge is 0.233 e. The van der Waals surface area contributed by atoms with Crippen molar-refractivity contribution < 1.29 is 9.53 Å². The Morgan fingerprint density at radius 2 is 2.17 bits per heavy atom. The molecular formula is C16H21N5O2S. The number of hydrogen-bond donors (Lipinski definition) is 1. The first-order chi connectivity index (χ1) is 11.8. The van der Waals surface area contributed by atoms with Crippen LogP contribution >= 0.6 is 11.8 Å².